The Hall–Kier alpha value is -1.69. The average Bonchev–Trinajstić information content (AvgIpc) is 2.74. The molecule has 1 aliphatic rings. The maximum Gasteiger partial charge on any atom is 0.326 e. The summed E-state index contributed by atoms with van der Waals surface area (Å²) >= 11 is 3.30. The minimum absolute atomic E-state index is 0.277. The Labute approximate surface area is 110 Å². The SMILES string of the molecule is O=C(O)[C@@H]1CCc2nc3ccc(Br)cc3c(=O)n21. The van der Waals surface area contributed by atoms with Crippen LogP contribution in [0.2, 0.25) is 0 Å². The summed E-state index contributed by atoms with van der Waals surface area (Å²) in [6.45, 7) is 0. The van der Waals surface area contributed by atoms with Crippen molar-refractivity contribution in [1.82, 2.24) is 9.55 Å². The molecule has 5 nitrogen and oxygen atoms in total. The first-order valence-corrected chi connectivity index (χ1v) is 6.30. The number of hydrogen-bond donors (Lipinski definition) is 1. The molecule has 0 unspecified atom stereocenters. The van der Waals surface area contributed by atoms with E-state index in [4.69, 9.17) is 5.11 Å². The highest BCUT2D eigenvalue weighted by molar-refractivity contribution is 9.10. The number of fused-ring (bicyclic) bond motifs is 2. The number of hydrogen-bond acceptors (Lipinski definition) is 3. The van der Waals surface area contributed by atoms with Crippen molar-refractivity contribution < 1.29 is 9.90 Å². The zero-order valence-electron chi connectivity index (χ0n) is 9.26. The second kappa shape index (κ2) is 3.91. The quantitative estimate of drug-likeness (QED) is 0.871. The second-order valence-corrected chi connectivity index (χ2v) is 5.17. The van der Waals surface area contributed by atoms with Crippen molar-refractivity contribution in [3.05, 3.63) is 38.9 Å². The molecule has 6 heteroatoms. The predicted octanol–water partition coefficient (Wildman–Crippen LogP) is 1.73. The Morgan fingerprint density at radius 2 is 2.28 bits per heavy atom. The van der Waals surface area contributed by atoms with E-state index in [2.05, 4.69) is 20.9 Å². The highest BCUT2D eigenvalue weighted by Crippen LogP contribution is 2.25. The molecular weight excluding hydrogens is 300 g/mol. The third-order valence-corrected chi connectivity index (χ3v) is 3.67. The Bertz CT molecular complexity index is 723. The van der Waals surface area contributed by atoms with Gasteiger partial charge in [0.2, 0.25) is 0 Å². The van der Waals surface area contributed by atoms with Crippen molar-refractivity contribution in [2.75, 3.05) is 0 Å². The van der Waals surface area contributed by atoms with Gasteiger partial charge in [-0.3, -0.25) is 9.36 Å². The standard InChI is InChI=1S/C12H9BrN2O3/c13-6-1-2-8-7(5-6)11(16)15-9(12(17)18)3-4-10(15)14-8/h1-2,5,9H,3-4H2,(H,17,18)/t9-/m0/s1. The van der Waals surface area contributed by atoms with Gasteiger partial charge in [-0.2, -0.15) is 0 Å². The molecule has 0 spiro atoms. The number of rotatable bonds is 1. The van der Waals surface area contributed by atoms with Gasteiger partial charge >= 0.3 is 5.97 Å². The molecule has 92 valence electrons. The fraction of sp³-hybridized carbons (Fsp3) is 0.250. The van der Waals surface area contributed by atoms with Gasteiger partial charge in [-0.15, -0.1) is 0 Å². The molecule has 0 radical (unpaired) electrons. The second-order valence-electron chi connectivity index (χ2n) is 4.26. The van der Waals surface area contributed by atoms with Crippen molar-refractivity contribution in [2.24, 2.45) is 0 Å². The molecule has 1 aliphatic heterocycles. The monoisotopic (exact) mass is 308 g/mol. The van der Waals surface area contributed by atoms with Crippen LogP contribution in [0.1, 0.15) is 18.3 Å². The van der Waals surface area contributed by atoms with Crippen LogP contribution in [-0.2, 0) is 11.2 Å². The maximum absolute atomic E-state index is 12.3. The predicted molar refractivity (Wildman–Crippen MR) is 68.7 cm³/mol. The molecule has 0 fully saturated rings. The van der Waals surface area contributed by atoms with E-state index in [9.17, 15) is 9.59 Å². The minimum atomic E-state index is -0.980. The minimum Gasteiger partial charge on any atom is -0.480 e. The van der Waals surface area contributed by atoms with Crippen molar-refractivity contribution in [2.45, 2.75) is 18.9 Å². The maximum atomic E-state index is 12.3. The van der Waals surface area contributed by atoms with Crippen LogP contribution >= 0.6 is 15.9 Å². The molecule has 0 amide bonds. The molecule has 1 aromatic carbocycles. The van der Waals surface area contributed by atoms with Gasteiger partial charge in [-0.05, 0) is 24.6 Å². The summed E-state index contributed by atoms with van der Waals surface area (Å²) in [5, 5.41) is 9.56. The fourth-order valence-corrected chi connectivity index (χ4v) is 2.70. The first-order valence-electron chi connectivity index (χ1n) is 5.51. The summed E-state index contributed by atoms with van der Waals surface area (Å²) in [5.41, 5.74) is 0.335. The van der Waals surface area contributed by atoms with E-state index in [1.54, 1.807) is 12.1 Å². The molecule has 1 N–H and O–H groups in total. The zero-order chi connectivity index (χ0) is 12.9. The summed E-state index contributed by atoms with van der Waals surface area (Å²) in [6, 6.07) is 4.46. The third-order valence-electron chi connectivity index (χ3n) is 3.17. The number of benzene rings is 1. The van der Waals surface area contributed by atoms with E-state index in [1.165, 1.54) is 4.57 Å². The number of aliphatic carboxylic acids is 1. The van der Waals surface area contributed by atoms with E-state index >= 15 is 0 Å². The number of nitrogens with zero attached hydrogens (tertiary/aromatic N) is 2. The van der Waals surface area contributed by atoms with Crippen LogP contribution in [0.4, 0.5) is 0 Å². The van der Waals surface area contributed by atoms with E-state index < -0.39 is 12.0 Å². The molecule has 1 aromatic heterocycles. The van der Waals surface area contributed by atoms with Gasteiger partial charge < -0.3 is 5.11 Å². The number of carboxylic acids is 1. The molecule has 1 atom stereocenters. The first-order chi connectivity index (χ1) is 8.58. The van der Waals surface area contributed by atoms with E-state index in [0.29, 0.717) is 29.6 Å². The molecule has 3 rings (SSSR count). The largest absolute Gasteiger partial charge is 0.480 e. The van der Waals surface area contributed by atoms with Gasteiger partial charge in [0, 0.05) is 10.9 Å². The summed E-state index contributed by atoms with van der Waals surface area (Å²) in [6.07, 6.45) is 0.952. The number of carboxylic acid groups (broad SMARTS) is 1. The lowest BCUT2D eigenvalue weighted by molar-refractivity contribution is -0.140. The lowest BCUT2D eigenvalue weighted by Gasteiger charge is -2.10. The topological polar surface area (TPSA) is 72.2 Å². The van der Waals surface area contributed by atoms with Gasteiger partial charge in [-0.1, -0.05) is 15.9 Å². The van der Waals surface area contributed by atoms with Crippen LogP contribution in [0, 0.1) is 0 Å². The lowest BCUT2D eigenvalue weighted by Crippen LogP contribution is -2.28. The van der Waals surface area contributed by atoms with Gasteiger partial charge in [0.25, 0.3) is 5.56 Å². The number of halogens is 1. The summed E-state index contributed by atoms with van der Waals surface area (Å²) in [7, 11) is 0. The zero-order valence-corrected chi connectivity index (χ0v) is 10.8. The van der Waals surface area contributed by atoms with Crippen LogP contribution in [0.3, 0.4) is 0 Å². The lowest BCUT2D eigenvalue weighted by atomic mass is 10.2. The Morgan fingerprint density at radius 3 is 3.00 bits per heavy atom. The van der Waals surface area contributed by atoms with Crippen molar-refractivity contribution in [3.8, 4) is 0 Å². The normalized spacial score (nSPS) is 17.9. The van der Waals surface area contributed by atoms with E-state index in [-0.39, 0.29) is 5.56 Å². The number of carbonyl (C=O) groups is 1. The number of aryl methyl sites for hydroxylation is 1. The van der Waals surface area contributed by atoms with Crippen molar-refractivity contribution in [3.63, 3.8) is 0 Å². The van der Waals surface area contributed by atoms with Gasteiger partial charge in [0.1, 0.15) is 11.9 Å². The molecule has 18 heavy (non-hydrogen) atoms. The van der Waals surface area contributed by atoms with E-state index in [1.807, 2.05) is 6.07 Å². The average molecular weight is 309 g/mol. The highest BCUT2D eigenvalue weighted by Gasteiger charge is 2.30. The molecular formula is C12H9BrN2O3. The fourth-order valence-electron chi connectivity index (χ4n) is 2.34. The van der Waals surface area contributed by atoms with Crippen LogP contribution in [0.5, 0.6) is 0 Å². The summed E-state index contributed by atoms with van der Waals surface area (Å²) in [5.74, 6) is -0.422. The first kappa shape index (κ1) is 11.4. The molecule has 2 aromatic rings. The number of aromatic nitrogens is 2. The van der Waals surface area contributed by atoms with Gasteiger partial charge in [0.15, 0.2) is 0 Å². The van der Waals surface area contributed by atoms with Crippen molar-refractivity contribution >= 4 is 32.8 Å². The smallest absolute Gasteiger partial charge is 0.326 e. The third kappa shape index (κ3) is 1.56. The highest BCUT2D eigenvalue weighted by atomic mass is 79.9. The molecule has 0 saturated carbocycles. The van der Waals surface area contributed by atoms with E-state index in [0.717, 1.165) is 4.47 Å². The van der Waals surface area contributed by atoms with Gasteiger partial charge in [0.05, 0.1) is 10.9 Å². The van der Waals surface area contributed by atoms with Crippen LogP contribution in [-0.4, -0.2) is 20.6 Å². The summed E-state index contributed by atoms with van der Waals surface area (Å²) < 4.78 is 2.08. The molecule has 0 saturated heterocycles. The van der Waals surface area contributed by atoms with Crippen LogP contribution in [0.25, 0.3) is 10.9 Å². The Kier molecular flexibility index (Phi) is 2.48. The molecule has 2 heterocycles. The summed E-state index contributed by atoms with van der Waals surface area (Å²) in [4.78, 5) is 27.8. The van der Waals surface area contributed by atoms with Crippen molar-refractivity contribution in [1.29, 1.82) is 0 Å². The molecule has 0 aliphatic carbocycles. The van der Waals surface area contributed by atoms with Crippen LogP contribution in [0.15, 0.2) is 27.5 Å². The Morgan fingerprint density at radius 1 is 1.50 bits per heavy atom. The van der Waals surface area contributed by atoms with Gasteiger partial charge in [-0.25, -0.2) is 9.78 Å². The van der Waals surface area contributed by atoms with Crippen LogP contribution < -0.4 is 5.56 Å². The Balaban J connectivity index is 2.36. The molecule has 0 bridgehead atoms.